The minimum atomic E-state index is -4.97. The van der Waals surface area contributed by atoms with E-state index in [1.54, 1.807) is 0 Å². The smallest absolute Gasteiger partial charge is 0.462 e. The Bertz CT molecular complexity index is 2040. The number of carbonyl (C=O) groups excluding carboxylic acids is 4. The predicted octanol–water partition coefficient (Wildman–Crippen LogP) is 25.9. The molecule has 5 atom stereocenters. The summed E-state index contributed by atoms with van der Waals surface area (Å²) in [6.45, 7) is 14.3. The topological polar surface area (TPSA) is 237 Å². The van der Waals surface area contributed by atoms with Crippen molar-refractivity contribution in [3.63, 3.8) is 0 Å². The Kier molecular flexibility index (Phi) is 73.4. The van der Waals surface area contributed by atoms with Gasteiger partial charge >= 0.3 is 39.5 Å². The van der Waals surface area contributed by atoms with Crippen molar-refractivity contribution in [3.05, 3.63) is 0 Å². The highest BCUT2D eigenvalue weighted by Crippen LogP contribution is 2.45. The van der Waals surface area contributed by atoms with Crippen LogP contribution in [-0.2, 0) is 65.4 Å². The van der Waals surface area contributed by atoms with Gasteiger partial charge in [0.1, 0.15) is 19.3 Å². The third-order valence-corrected chi connectivity index (χ3v) is 22.0. The van der Waals surface area contributed by atoms with E-state index in [4.69, 9.17) is 37.0 Å². The summed E-state index contributed by atoms with van der Waals surface area (Å²) in [6, 6.07) is 0. The summed E-state index contributed by atoms with van der Waals surface area (Å²) in [7, 11) is -9.93. The number of aliphatic hydroxyl groups excluding tert-OH is 1. The first-order valence-corrected chi connectivity index (χ1v) is 47.2. The number of ether oxygens (including phenoxy) is 4. The highest BCUT2D eigenvalue weighted by molar-refractivity contribution is 7.47. The molecule has 0 heterocycles. The monoisotopic (exact) mass is 1540 g/mol. The maximum Gasteiger partial charge on any atom is 0.472 e. The minimum Gasteiger partial charge on any atom is -0.462 e. The second-order valence-electron chi connectivity index (χ2n) is 32.8. The molecule has 17 nitrogen and oxygen atoms in total. The molecule has 19 heteroatoms. The van der Waals surface area contributed by atoms with Crippen molar-refractivity contribution in [2.24, 2.45) is 23.7 Å². The number of aliphatic hydroxyl groups is 1. The Hall–Kier alpha value is -1.94. The summed E-state index contributed by atoms with van der Waals surface area (Å²) >= 11 is 0. The zero-order valence-corrected chi connectivity index (χ0v) is 71.2. The summed E-state index contributed by atoms with van der Waals surface area (Å²) in [4.78, 5) is 73.2. The van der Waals surface area contributed by atoms with E-state index < -0.39 is 97.5 Å². The molecule has 0 saturated heterocycles. The molecule has 624 valence electrons. The van der Waals surface area contributed by atoms with Gasteiger partial charge in [-0.25, -0.2) is 9.13 Å². The molecule has 0 radical (unpaired) electrons. The number of esters is 4. The van der Waals surface area contributed by atoms with Gasteiger partial charge < -0.3 is 33.8 Å². The van der Waals surface area contributed by atoms with Crippen molar-refractivity contribution in [1.82, 2.24) is 0 Å². The number of hydrogen-bond acceptors (Lipinski definition) is 15. The number of phosphoric ester groups is 2. The third-order valence-electron chi connectivity index (χ3n) is 20.1. The summed E-state index contributed by atoms with van der Waals surface area (Å²) in [6.07, 6.45) is 64.1. The number of unbranched alkanes of at least 4 members (excludes halogenated alkanes) is 49. The highest BCUT2D eigenvalue weighted by atomic mass is 31.2. The average molecular weight is 1540 g/mol. The van der Waals surface area contributed by atoms with Crippen molar-refractivity contribution in [1.29, 1.82) is 0 Å². The van der Waals surface area contributed by atoms with Crippen LogP contribution in [0.15, 0.2) is 0 Å². The first-order valence-electron chi connectivity index (χ1n) is 44.2. The van der Waals surface area contributed by atoms with Gasteiger partial charge in [0, 0.05) is 25.7 Å². The third kappa shape index (κ3) is 79.9. The van der Waals surface area contributed by atoms with E-state index in [-0.39, 0.29) is 25.7 Å². The number of hydrogen-bond donors (Lipinski definition) is 3. The molecule has 0 aromatic carbocycles. The summed E-state index contributed by atoms with van der Waals surface area (Å²) in [5, 5.41) is 10.7. The zero-order chi connectivity index (χ0) is 77.4. The lowest BCUT2D eigenvalue weighted by Gasteiger charge is -2.21. The van der Waals surface area contributed by atoms with Gasteiger partial charge in [-0.15, -0.1) is 0 Å². The van der Waals surface area contributed by atoms with Crippen LogP contribution in [0.3, 0.4) is 0 Å². The van der Waals surface area contributed by atoms with Crippen molar-refractivity contribution < 1.29 is 80.2 Å². The summed E-state index contributed by atoms with van der Waals surface area (Å²) < 4.78 is 68.8. The molecular weight excluding hydrogens is 1370 g/mol. The molecule has 0 aromatic rings. The van der Waals surface area contributed by atoms with Gasteiger partial charge in [-0.05, 0) is 49.4 Å². The van der Waals surface area contributed by atoms with Gasteiger partial charge in [-0.1, -0.05) is 396 Å². The van der Waals surface area contributed by atoms with E-state index in [1.165, 1.54) is 244 Å². The van der Waals surface area contributed by atoms with Crippen LogP contribution in [0.25, 0.3) is 0 Å². The molecular formula is C86H168O17P2. The lowest BCUT2D eigenvalue weighted by molar-refractivity contribution is -0.161. The normalized spacial score (nSPS) is 13.9. The van der Waals surface area contributed by atoms with Crippen LogP contribution in [0.5, 0.6) is 0 Å². The maximum atomic E-state index is 13.1. The van der Waals surface area contributed by atoms with Crippen LogP contribution in [0, 0.1) is 23.7 Å². The molecule has 0 spiro atoms. The molecule has 3 N–H and O–H groups in total. The lowest BCUT2D eigenvalue weighted by atomic mass is 10.0. The molecule has 105 heavy (non-hydrogen) atoms. The fourth-order valence-corrected chi connectivity index (χ4v) is 14.9. The Morgan fingerprint density at radius 2 is 0.400 bits per heavy atom. The second-order valence-corrected chi connectivity index (χ2v) is 35.7. The minimum absolute atomic E-state index is 0.105. The molecule has 0 aromatic heterocycles. The molecule has 0 saturated carbocycles. The van der Waals surface area contributed by atoms with Gasteiger partial charge in [-0.3, -0.25) is 37.3 Å². The Labute approximate surface area is 645 Å². The van der Waals surface area contributed by atoms with E-state index in [0.717, 1.165) is 114 Å². The quantitative estimate of drug-likeness (QED) is 0.0222. The molecule has 0 bridgehead atoms. The maximum absolute atomic E-state index is 13.1. The standard InChI is InChI=1S/C86H168O17P2/c1-76(2)62-54-46-38-31-25-21-17-13-9-11-15-19-23-27-34-42-50-58-66-83(88)96-72-81(102-85(90)68-60-52-43-35-28-24-20-16-12-10-14-18-22-26-32-39-47-55-63-77(3)4)74-100-104(92,93)98-70-80(87)71-99-105(94,95)101-75-82(73-97-84(89)67-59-51-45-37-41-49-57-65-79(7)8)103-86(91)69-61-53-44-36-30-29-33-40-48-56-64-78(5)6/h76-82,87H,9-75H2,1-8H3,(H,92,93)(H,94,95)/t80?,81-,82-/m1/s1. The number of rotatable bonds is 83. The Morgan fingerprint density at radius 1 is 0.238 bits per heavy atom. The fraction of sp³-hybridized carbons (Fsp3) is 0.953. The van der Waals surface area contributed by atoms with E-state index >= 15 is 0 Å². The van der Waals surface area contributed by atoms with Crippen LogP contribution in [-0.4, -0.2) is 96.7 Å². The second kappa shape index (κ2) is 74.8. The highest BCUT2D eigenvalue weighted by Gasteiger charge is 2.30. The van der Waals surface area contributed by atoms with Crippen molar-refractivity contribution in [2.75, 3.05) is 39.6 Å². The van der Waals surface area contributed by atoms with E-state index in [2.05, 4.69) is 55.4 Å². The Balaban J connectivity index is 5.21. The number of carbonyl (C=O) groups is 4. The van der Waals surface area contributed by atoms with Crippen LogP contribution < -0.4 is 0 Å². The van der Waals surface area contributed by atoms with Gasteiger partial charge in [0.15, 0.2) is 12.2 Å². The molecule has 3 unspecified atom stereocenters. The first kappa shape index (κ1) is 103. The first-order chi connectivity index (χ1) is 50.6. The van der Waals surface area contributed by atoms with Gasteiger partial charge in [0.05, 0.1) is 26.4 Å². The van der Waals surface area contributed by atoms with Crippen LogP contribution >= 0.6 is 15.6 Å². The van der Waals surface area contributed by atoms with Crippen molar-refractivity contribution >= 4 is 39.5 Å². The Morgan fingerprint density at radius 3 is 0.590 bits per heavy atom. The van der Waals surface area contributed by atoms with Crippen LogP contribution in [0.2, 0.25) is 0 Å². The van der Waals surface area contributed by atoms with Gasteiger partial charge in [0.25, 0.3) is 0 Å². The lowest BCUT2D eigenvalue weighted by Crippen LogP contribution is -2.30. The average Bonchev–Trinajstić information content (AvgIpc) is 0.947. The van der Waals surface area contributed by atoms with Crippen LogP contribution in [0.4, 0.5) is 0 Å². The largest absolute Gasteiger partial charge is 0.472 e. The van der Waals surface area contributed by atoms with Gasteiger partial charge in [-0.2, -0.15) is 0 Å². The summed E-state index contributed by atoms with van der Waals surface area (Å²) in [5.41, 5.74) is 0. The SMILES string of the molecule is CC(C)CCCCCCCCCCCCCCCCCCCCC(=O)OC[C@H](COP(=O)(O)OCC(O)COP(=O)(O)OC[C@@H](COC(=O)CCCCCCCCCC(C)C)OC(=O)CCCCCCCCCCCCC(C)C)OC(=O)CCCCCCCCCCCCCCCCCCCCC(C)C. The zero-order valence-electron chi connectivity index (χ0n) is 69.4. The van der Waals surface area contributed by atoms with E-state index in [9.17, 15) is 43.2 Å². The van der Waals surface area contributed by atoms with E-state index in [0.29, 0.717) is 31.6 Å². The molecule has 0 aliphatic carbocycles. The molecule has 0 aliphatic rings. The fourth-order valence-electron chi connectivity index (χ4n) is 13.3. The van der Waals surface area contributed by atoms with E-state index in [1.807, 2.05) is 0 Å². The molecule has 0 fully saturated rings. The van der Waals surface area contributed by atoms with Gasteiger partial charge in [0.2, 0.25) is 0 Å². The number of phosphoric acid groups is 2. The van der Waals surface area contributed by atoms with Crippen LogP contribution in [0.1, 0.15) is 447 Å². The molecule has 0 amide bonds. The van der Waals surface area contributed by atoms with Crippen molar-refractivity contribution in [2.45, 2.75) is 465 Å². The van der Waals surface area contributed by atoms with Crippen molar-refractivity contribution in [3.8, 4) is 0 Å². The summed E-state index contributed by atoms with van der Waals surface area (Å²) in [5.74, 6) is 0.991. The predicted molar refractivity (Wildman–Crippen MR) is 432 cm³/mol. The molecule has 0 rings (SSSR count). The molecule has 0 aliphatic heterocycles.